The Balaban J connectivity index is 1.48. The van der Waals surface area contributed by atoms with Crippen LogP contribution in [0.2, 0.25) is 0 Å². The molecule has 2 aromatic rings. The zero-order valence-electron chi connectivity index (χ0n) is 15.6. The van der Waals surface area contributed by atoms with Crippen LogP contribution in [-0.2, 0) is 23.9 Å². The van der Waals surface area contributed by atoms with E-state index in [0.717, 1.165) is 4.90 Å². The predicted molar refractivity (Wildman–Crippen MR) is 110 cm³/mol. The quantitative estimate of drug-likeness (QED) is 0.628. The van der Waals surface area contributed by atoms with Gasteiger partial charge in [-0.15, -0.1) is 11.8 Å². The number of hydrogen-bond acceptors (Lipinski definition) is 6. The summed E-state index contributed by atoms with van der Waals surface area (Å²) in [6.07, 6.45) is -0.143. The first-order chi connectivity index (χ1) is 13.9. The number of thioether (sulfide) groups is 1. The molecule has 0 unspecified atom stereocenters. The second-order valence-corrected chi connectivity index (χ2v) is 7.51. The monoisotopic (exact) mass is 413 g/mol. The Kier molecular flexibility index (Phi) is 6.50. The van der Waals surface area contributed by atoms with Gasteiger partial charge in [-0.1, -0.05) is 18.2 Å². The van der Waals surface area contributed by atoms with Gasteiger partial charge in [0.05, 0.1) is 17.4 Å². The number of fused-ring (bicyclic) bond motifs is 1. The number of carbonyl (C=O) groups is 4. The van der Waals surface area contributed by atoms with Crippen molar-refractivity contribution in [3.05, 3.63) is 48.5 Å². The Morgan fingerprint density at radius 3 is 2.55 bits per heavy atom. The molecule has 3 amide bonds. The lowest BCUT2D eigenvalue weighted by Gasteiger charge is -2.23. The van der Waals surface area contributed by atoms with Crippen LogP contribution in [0.5, 0.6) is 0 Å². The zero-order chi connectivity index (χ0) is 20.8. The summed E-state index contributed by atoms with van der Waals surface area (Å²) in [6, 6.07) is 13.9. The number of ether oxygens (including phenoxy) is 1. The van der Waals surface area contributed by atoms with E-state index in [2.05, 4.69) is 16.0 Å². The van der Waals surface area contributed by atoms with Crippen molar-refractivity contribution in [1.29, 1.82) is 0 Å². The van der Waals surface area contributed by atoms with E-state index in [9.17, 15) is 19.2 Å². The van der Waals surface area contributed by atoms with E-state index in [0.29, 0.717) is 17.1 Å². The van der Waals surface area contributed by atoms with Gasteiger partial charge in [0.1, 0.15) is 0 Å². The van der Waals surface area contributed by atoms with Crippen molar-refractivity contribution >= 4 is 52.5 Å². The minimum absolute atomic E-state index is 0.143. The van der Waals surface area contributed by atoms with Crippen molar-refractivity contribution in [2.45, 2.75) is 23.5 Å². The fourth-order valence-corrected chi connectivity index (χ4v) is 3.75. The minimum atomic E-state index is -0.640. The van der Waals surface area contributed by atoms with Crippen LogP contribution in [0, 0.1) is 0 Å². The number of carbonyl (C=O) groups excluding carboxylic acids is 4. The first kappa shape index (κ1) is 20.4. The van der Waals surface area contributed by atoms with Gasteiger partial charge < -0.3 is 20.7 Å². The first-order valence-corrected chi connectivity index (χ1v) is 9.68. The summed E-state index contributed by atoms with van der Waals surface area (Å²) in [7, 11) is 0. The van der Waals surface area contributed by atoms with E-state index in [1.54, 1.807) is 30.3 Å². The molecule has 0 bridgehead atoms. The standard InChI is InChI=1S/C20H19N3O5S/c1-12(24)21-13-5-4-6-14(9-13)22-18(25)11-28-19(26)10-17-20(27)23-15-7-2-3-8-16(15)29-17/h2-9,17H,10-11H2,1H3,(H,21,24)(H,22,25)(H,23,27)/t17-/m0/s1. The smallest absolute Gasteiger partial charge is 0.307 e. The van der Waals surface area contributed by atoms with Crippen molar-refractivity contribution < 1.29 is 23.9 Å². The zero-order valence-corrected chi connectivity index (χ0v) is 16.4. The predicted octanol–water partition coefficient (Wildman–Crippen LogP) is 2.63. The molecule has 0 radical (unpaired) electrons. The third-order valence-corrected chi connectivity index (χ3v) is 5.16. The summed E-state index contributed by atoms with van der Waals surface area (Å²) >= 11 is 1.29. The van der Waals surface area contributed by atoms with Gasteiger partial charge in [-0.2, -0.15) is 0 Å². The molecule has 1 atom stereocenters. The van der Waals surface area contributed by atoms with Gasteiger partial charge in [-0.3, -0.25) is 19.2 Å². The molecule has 150 valence electrons. The van der Waals surface area contributed by atoms with Gasteiger partial charge in [-0.05, 0) is 30.3 Å². The molecular weight excluding hydrogens is 394 g/mol. The second kappa shape index (κ2) is 9.24. The summed E-state index contributed by atoms with van der Waals surface area (Å²) in [5, 5.41) is 7.33. The van der Waals surface area contributed by atoms with Crippen molar-refractivity contribution in [3.8, 4) is 0 Å². The normalized spacial score (nSPS) is 14.9. The number of anilines is 3. The average molecular weight is 413 g/mol. The van der Waals surface area contributed by atoms with Gasteiger partial charge in [0, 0.05) is 23.2 Å². The Bertz CT molecular complexity index is 963. The SMILES string of the molecule is CC(=O)Nc1cccc(NC(=O)COC(=O)C[C@@H]2Sc3ccccc3NC2=O)c1. The van der Waals surface area contributed by atoms with E-state index >= 15 is 0 Å². The Hall–Kier alpha value is -3.33. The molecule has 9 heteroatoms. The third kappa shape index (κ3) is 5.82. The van der Waals surface area contributed by atoms with Crippen molar-refractivity contribution in [2.75, 3.05) is 22.6 Å². The number of hydrogen-bond donors (Lipinski definition) is 3. The highest BCUT2D eigenvalue weighted by atomic mass is 32.2. The number of rotatable bonds is 6. The van der Waals surface area contributed by atoms with Crippen LogP contribution in [0.25, 0.3) is 0 Å². The Morgan fingerprint density at radius 2 is 1.79 bits per heavy atom. The summed E-state index contributed by atoms with van der Waals surface area (Å²) in [5.41, 5.74) is 1.71. The molecule has 3 N–H and O–H groups in total. The molecule has 0 spiro atoms. The fourth-order valence-electron chi connectivity index (χ4n) is 2.66. The molecule has 29 heavy (non-hydrogen) atoms. The number of para-hydroxylation sites is 1. The number of esters is 1. The van der Waals surface area contributed by atoms with Gasteiger partial charge in [0.25, 0.3) is 5.91 Å². The van der Waals surface area contributed by atoms with Crippen molar-refractivity contribution in [1.82, 2.24) is 0 Å². The maximum atomic E-state index is 12.1. The van der Waals surface area contributed by atoms with Crippen molar-refractivity contribution in [2.24, 2.45) is 0 Å². The fraction of sp³-hybridized carbons (Fsp3) is 0.200. The van der Waals surface area contributed by atoms with Crippen LogP contribution in [-0.4, -0.2) is 35.5 Å². The largest absolute Gasteiger partial charge is 0.456 e. The number of amides is 3. The molecule has 0 saturated carbocycles. The van der Waals surface area contributed by atoms with Crippen LogP contribution < -0.4 is 16.0 Å². The molecule has 0 fully saturated rings. The van der Waals surface area contributed by atoms with Gasteiger partial charge in [0.15, 0.2) is 6.61 Å². The van der Waals surface area contributed by atoms with E-state index in [1.807, 2.05) is 18.2 Å². The third-order valence-electron chi connectivity index (χ3n) is 3.89. The molecule has 1 heterocycles. The van der Waals surface area contributed by atoms with E-state index < -0.39 is 23.7 Å². The molecule has 1 aliphatic heterocycles. The van der Waals surface area contributed by atoms with Gasteiger partial charge in [-0.25, -0.2) is 0 Å². The second-order valence-electron chi connectivity index (χ2n) is 6.27. The highest BCUT2D eigenvalue weighted by molar-refractivity contribution is 8.01. The molecule has 8 nitrogen and oxygen atoms in total. The summed E-state index contributed by atoms with van der Waals surface area (Å²) < 4.78 is 5.00. The summed E-state index contributed by atoms with van der Waals surface area (Å²) in [4.78, 5) is 48.2. The van der Waals surface area contributed by atoms with Crippen LogP contribution in [0.15, 0.2) is 53.4 Å². The molecular formula is C20H19N3O5S. The lowest BCUT2D eigenvalue weighted by molar-refractivity contribution is -0.147. The average Bonchev–Trinajstić information content (AvgIpc) is 2.67. The van der Waals surface area contributed by atoms with Gasteiger partial charge >= 0.3 is 5.97 Å². The molecule has 0 aliphatic carbocycles. The van der Waals surface area contributed by atoms with Crippen LogP contribution in [0.3, 0.4) is 0 Å². The lowest BCUT2D eigenvalue weighted by Crippen LogP contribution is -2.32. The molecule has 1 aliphatic rings. The lowest BCUT2D eigenvalue weighted by atomic mass is 10.2. The topological polar surface area (TPSA) is 114 Å². The maximum absolute atomic E-state index is 12.1. The van der Waals surface area contributed by atoms with Crippen molar-refractivity contribution in [3.63, 3.8) is 0 Å². The highest BCUT2D eigenvalue weighted by Crippen LogP contribution is 2.36. The van der Waals surface area contributed by atoms with E-state index in [-0.39, 0.29) is 18.2 Å². The Labute approximate surface area is 171 Å². The molecule has 3 rings (SSSR count). The van der Waals surface area contributed by atoms with E-state index in [1.165, 1.54) is 18.7 Å². The highest BCUT2D eigenvalue weighted by Gasteiger charge is 2.29. The first-order valence-electron chi connectivity index (χ1n) is 8.80. The summed E-state index contributed by atoms with van der Waals surface area (Å²) in [5.74, 6) is -1.66. The molecule has 2 aromatic carbocycles. The van der Waals surface area contributed by atoms with Crippen LogP contribution in [0.4, 0.5) is 17.1 Å². The van der Waals surface area contributed by atoms with Crippen LogP contribution in [0.1, 0.15) is 13.3 Å². The maximum Gasteiger partial charge on any atom is 0.307 e. The number of benzene rings is 2. The van der Waals surface area contributed by atoms with Gasteiger partial charge in [0.2, 0.25) is 11.8 Å². The van der Waals surface area contributed by atoms with E-state index in [4.69, 9.17) is 4.74 Å². The summed E-state index contributed by atoms with van der Waals surface area (Å²) in [6.45, 7) is 0.910. The molecule has 0 aromatic heterocycles. The van der Waals surface area contributed by atoms with Crippen LogP contribution >= 0.6 is 11.8 Å². The molecule has 0 saturated heterocycles. The minimum Gasteiger partial charge on any atom is -0.456 e. The Morgan fingerprint density at radius 1 is 1.07 bits per heavy atom. The number of nitrogens with one attached hydrogen (secondary N) is 3.